The van der Waals surface area contributed by atoms with Gasteiger partial charge in [0.05, 0.1) is 0 Å². The van der Waals surface area contributed by atoms with Crippen LogP contribution in [0.1, 0.15) is 10.4 Å². The van der Waals surface area contributed by atoms with Gasteiger partial charge in [-0.15, -0.1) is 0 Å². The normalized spacial score (nSPS) is 10.5. The fourth-order valence-electron chi connectivity index (χ4n) is 1.60. The molecule has 2 rings (SSSR count). The zero-order valence-corrected chi connectivity index (χ0v) is 12.0. The number of anilines is 1. The number of nitrogens with one attached hydrogen (secondary N) is 1. The van der Waals surface area contributed by atoms with Gasteiger partial charge in [-0.3, -0.25) is 4.79 Å². The summed E-state index contributed by atoms with van der Waals surface area (Å²) in [6, 6.07) is 9.83. The molecule has 2 aromatic rings. The smallest absolute Gasteiger partial charge is 0.387 e. The summed E-state index contributed by atoms with van der Waals surface area (Å²) < 4.78 is 42.2. The van der Waals surface area contributed by atoms with Crippen LogP contribution in [0.5, 0.6) is 5.75 Å². The molecule has 0 aliphatic carbocycles. The second-order valence-corrected chi connectivity index (χ2v) is 4.90. The van der Waals surface area contributed by atoms with Crippen molar-refractivity contribution in [3.8, 4) is 5.75 Å². The molecule has 0 saturated carbocycles. The zero-order valence-electron chi connectivity index (χ0n) is 10.4. The van der Waals surface area contributed by atoms with Crippen LogP contribution in [-0.4, -0.2) is 12.5 Å². The fourth-order valence-corrected chi connectivity index (χ4v) is 2.00. The van der Waals surface area contributed by atoms with E-state index in [4.69, 9.17) is 0 Å². The molecule has 21 heavy (non-hydrogen) atoms. The third-order valence-electron chi connectivity index (χ3n) is 2.49. The first kappa shape index (κ1) is 15.4. The van der Waals surface area contributed by atoms with Gasteiger partial charge in [-0.1, -0.05) is 22.0 Å². The Bertz CT molecular complexity index is 664. The molecule has 2 aromatic carbocycles. The number of carbonyl (C=O) groups is 1. The Hall–Kier alpha value is -2.02. The van der Waals surface area contributed by atoms with E-state index in [9.17, 15) is 18.0 Å². The van der Waals surface area contributed by atoms with Gasteiger partial charge in [-0.2, -0.15) is 8.78 Å². The van der Waals surface area contributed by atoms with Crippen LogP contribution >= 0.6 is 15.9 Å². The molecule has 0 bridgehead atoms. The summed E-state index contributed by atoms with van der Waals surface area (Å²) in [4.78, 5) is 11.9. The summed E-state index contributed by atoms with van der Waals surface area (Å²) in [5, 5.41) is 2.46. The van der Waals surface area contributed by atoms with Crippen LogP contribution in [-0.2, 0) is 0 Å². The minimum Gasteiger partial charge on any atom is -0.432 e. The summed E-state index contributed by atoms with van der Waals surface area (Å²) >= 11 is 3.23. The highest BCUT2D eigenvalue weighted by Gasteiger charge is 2.12. The van der Waals surface area contributed by atoms with Crippen molar-refractivity contribution in [1.29, 1.82) is 0 Å². The molecule has 3 nitrogen and oxygen atoms in total. The van der Waals surface area contributed by atoms with Crippen molar-refractivity contribution < 1.29 is 22.7 Å². The fraction of sp³-hybridized carbons (Fsp3) is 0.0714. The van der Waals surface area contributed by atoms with Crippen molar-refractivity contribution >= 4 is 27.5 Å². The van der Waals surface area contributed by atoms with E-state index in [0.29, 0.717) is 5.56 Å². The summed E-state index contributed by atoms with van der Waals surface area (Å²) in [6.45, 7) is -3.11. The molecule has 0 aliphatic heterocycles. The Morgan fingerprint density at radius 1 is 1.19 bits per heavy atom. The third kappa shape index (κ3) is 4.22. The molecule has 1 amide bonds. The molecule has 0 unspecified atom stereocenters. The molecular formula is C14H9BrF3NO2. The van der Waals surface area contributed by atoms with Gasteiger partial charge in [-0.25, -0.2) is 4.39 Å². The number of benzene rings is 2. The number of hydrogen-bond acceptors (Lipinski definition) is 2. The Balaban J connectivity index is 2.13. The SMILES string of the molecule is O=C(Nc1ccc(OC(F)F)c(F)c1)c1cccc(Br)c1. The number of hydrogen-bond donors (Lipinski definition) is 1. The molecule has 0 saturated heterocycles. The minimum atomic E-state index is -3.11. The predicted octanol–water partition coefficient (Wildman–Crippen LogP) is 4.44. The van der Waals surface area contributed by atoms with Gasteiger partial charge in [0.25, 0.3) is 5.91 Å². The molecule has 0 aromatic heterocycles. The maximum absolute atomic E-state index is 13.5. The summed E-state index contributed by atoms with van der Waals surface area (Å²) in [6.07, 6.45) is 0. The van der Waals surface area contributed by atoms with E-state index >= 15 is 0 Å². The average Bonchev–Trinajstić information content (AvgIpc) is 2.41. The Morgan fingerprint density at radius 2 is 1.95 bits per heavy atom. The molecular weight excluding hydrogens is 351 g/mol. The molecule has 0 aliphatic rings. The van der Waals surface area contributed by atoms with Crippen LogP contribution in [0.3, 0.4) is 0 Å². The summed E-state index contributed by atoms with van der Waals surface area (Å²) in [7, 11) is 0. The molecule has 0 atom stereocenters. The van der Waals surface area contributed by atoms with Crippen molar-refractivity contribution in [3.05, 3.63) is 58.3 Å². The van der Waals surface area contributed by atoms with E-state index in [1.54, 1.807) is 24.3 Å². The number of carbonyl (C=O) groups excluding carboxylic acids is 1. The molecule has 1 N–H and O–H groups in total. The number of amides is 1. The third-order valence-corrected chi connectivity index (χ3v) is 2.99. The Labute approximate surface area is 126 Å². The number of ether oxygens (including phenoxy) is 1. The predicted molar refractivity (Wildman–Crippen MR) is 75.1 cm³/mol. The van der Waals surface area contributed by atoms with Crippen LogP contribution in [0.2, 0.25) is 0 Å². The number of rotatable bonds is 4. The van der Waals surface area contributed by atoms with Crippen LogP contribution < -0.4 is 10.1 Å². The topological polar surface area (TPSA) is 38.3 Å². The quantitative estimate of drug-likeness (QED) is 0.876. The van der Waals surface area contributed by atoms with Crippen molar-refractivity contribution in [3.63, 3.8) is 0 Å². The maximum Gasteiger partial charge on any atom is 0.387 e. The first-order valence-corrected chi connectivity index (χ1v) is 6.56. The van der Waals surface area contributed by atoms with Crippen molar-refractivity contribution in [1.82, 2.24) is 0 Å². The molecule has 110 valence electrons. The lowest BCUT2D eigenvalue weighted by Gasteiger charge is -2.09. The summed E-state index contributed by atoms with van der Waals surface area (Å²) in [5.41, 5.74) is 0.511. The van der Waals surface area contributed by atoms with Gasteiger partial charge in [0.1, 0.15) is 0 Å². The van der Waals surface area contributed by atoms with Crippen LogP contribution in [0, 0.1) is 5.82 Å². The standard InChI is InChI=1S/C14H9BrF3NO2/c15-9-3-1-2-8(6-9)13(20)19-10-4-5-12(11(16)7-10)21-14(17)18/h1-7,14H,(H,19,20). The van der Waals surface area contributed by atoms with Gasteiger partial charge < -0.3 is 10.1 Å². The largest absolute Gasteiger partial charge is 0.432 e. The van der Waals surface area contributed by atoms with E-state index in [2.05, 4.69) is 26.0 Å². The zero-order chi connectivity index (χ0) is 15.4. The van der Waals surface area contributed by atoms with Crippen LogP contribution in [0.15, 0.2) is 46.9 Å². The van der Waals surface area contributed by atoms with E-state index in [-0.39, 0.29) is 5.69 Å². The van der Waals surface area contributed by atoms with E-state index in [1.165, 1.54) is 6.07 Å². The molecule has 7 heteroatoms. The highest BCUT2D eigenvalue weighted by molar-refractivity contribution is 9.10. The first-order valence-electron chi connectivity index (χ1n) is 5.77. The van der Waals surface area contributed by atoms with E-state index < -0.39 is 24.1 Å². The molecule has 0 radical (unpaired) electrons. The molecule has 0 heterocycles. The highest BCUT2D eigenvalue weighted by Crippen LogP contribution is 2.23. The Kier molecular flexibility index (Phi) is 4.85. The van der Waals surface area contributed by atoms with Crippen molar-refractivity contribution in [2.75, 3.05) is 5.32 Å². The first-order chi connectivity index (χ1) is 9.95. The second-order valence-electron chi connectivity index (χ2n) is 3.99. The average molecular weight is 360 g/mol. The van der Waals surface area contributed by atoms with Gasteiger partial charge in [0, 0.05) is 21.8 Å². The maximum atomic E-state index is 13.5. The minimum absolute atomic E-state index is 0.138. The second kappa shape index (κ2) is 6.62. The van der Waals surface area contributed by atoms with Crippen LogP contribution in [0.25, 0.3) is 0 Å². The highest BCUT2D eigenvalue weighted by atomic mass is 79.9. The lowest BCUT2D eigenvalue weighted by atomic mass is 10.2. The van der Waals surface area contributed by atoms with E-state index in [0.717, 1.165) is 16.6 Å². The summed E-state index contributed by atoms with van der Waals surface area (Å²) in [5.74, 6) is -2.01. The lowest BCUT2D eigenvalue weighted by molar-refractivity contribution is -0.0521. The molecule has 0 fully saturated rings. The van der Waals surface area contributed by atoms with Crippen molar-refractivity contribution in [2.45, 2.75) is 6.61 Å². The molecule has 0 spiro atoms. The van der Waals surface area contributed by atoms with Crippen molar-refractivity contribution in [2.24, 2.45) is 0 Å². The van der Waals surface area contributed by atoms with Gasteiger partial charge >= 0.3 is 6.61 Å². The van der Waals surface area contributed by atoms with Gasteiger partial charge in [0.2, 0.25) is 0 Å². The lowest BCUT2D eigenvalue weighted by Crippen LogP contribution is -2.12. The Morgan fingerprint density at radius 3 is 2.57 bits per heavy atom. The van der Waals surface area contributed by atoms with Gasteiger partial charge in [0.15, 0.2) is 11.6 Å². The van der Waals surface area contributed by atoms with Crippen LogP contribution in [0.4, 0.5) is 18.9 Å². The number of alkyl halides is 2. The number of halogens is 4. The monoisotopic (exact) mass is 359 g/mol. The van der Waals surface area contributed by atoms with E-state index in [1.807, 2.05) is 0 Å². The van der Waals surface area contributed by atoms with Gasteiger partial charge in [-0.05, 0) is 30.3 Å².